The Morgan fingerprint density at radius 3 is 2.33 bits per heavy atom. The predicted octanol–water partition coefficient (Wildman–Crippen LogP) is 1.82. The Kier molecular flexibility index (Phi) is 5.34. The van der Waals surface area contributed by atoms with Gasteiger partial charge in [-0.1, -0.05) is 13.8 Å². The largest absolute Gasteiger partial charge is 0.373 e. The summed E-state index contributed by atoms with van der Waals surface area (Å²) >= 11 is 0. The molecular weight excluding hydrogens is 226 g/mol. The second-order valence-corrected chi connectivity index (χ2v) is 5.20. The first-order chi connectivity index (χ1) is 8.45. The molecule has 102 valence electrons. The van der Waals surface area contributed by atoms with Crippen LogP contribution in [0, 0.1) is 12.8 Å². The second kappa shape index (κ2) is 6.54. The van der Waals surface area contributed by atoms with E-state index in [1.54, 1.807) is 6.33 Å². The molecule has 0 fully saturated rings. The number of likely N-dealkylation sites (N-methyl/N-ethyl adjacent to an activating group) is 1. The third kappa shape index (κ3) is 3.84. The van der Waals surface area contributed by atoms with Crippen molar-refractivity contribution in [3.8, 4) is 0 Å². The van der Waals surface area contributed by atoms with Gasteiger partial charge in [-0.05, 0) is 26.9 Å². The van der Waals surface area contributed by atoms with E-state index in [-0.39, 0.29) is 0 Å². The first-order valence-electron chi connectivity index (χ1n) is 6.36. The van der Waals surface area contributed by atoms with Crippen LogP contribution in [-0.2, 0) is 0 Å². The van der Waals surface area contributed by atoms with Crippen LogP contribution < -0.4 is 10.6 Å². The van der Waals surface area contributed by atoms with Crippen molar-refractivity contribution in [2.24, 2.45) is 5.92 Å². The number of aromatic nitrogens is 2. The number of hydrogen-bond acceptors (Lipinski definition) is 5. The van der Waals surface area contributed by atoms with Crippen molar-refractivity contribution < 1.29 is 0 Å². The van der Waals surface area contributed by atoms with Crippen molar-refractivity contribution in [1.29, 1.82) is 0 Å². The molecule has 18 heavy (non-hydrogen) atoms. The molecule has 0 bridgehead atoms. The fraction of sp³-hybridized carbons (Fsp3) is 0.692. The zero-order valence-electron chi connectivity index (χ0n) is 12.3. The van der Waals surface area contributed by atoms with Crippen LogP contribution in [0.25, 0.3) is 0 Å². The molecule has 0 aliphatic carbocycles. The maximum Gasteiger partial charge on any atom is 0.134 e. The average molecular weight is 251 g/mol. The maximum absolute atomic E-state index is 4.34. The van der Waals surface area contributed by atoms with Crippen molar-refractivity contribution in [3.63, 3.8) is 0 Å². The Bertz CT molecular complexity index is 376. The first-order valence-corrected chi connectivity index (χ1v) is 6.36. The van der Waals surface area contributed by atoms with Gasteiger partial charge in [-0.15, -0.1) is 0 Å². The topological polar surface area (TPSA) is 53.1 Å². The third-order valence-electron chi connectivity index (χ3n) is 3.01. The SMILES string of the molecule is CNc1ncnc(NC(CN(C)C)C(C)C)c1C. The van der Waals surface area contributed by atoms with Gasteiger partial charge in [0.1, 0.15) is 18.0 Å². The summed E-state index contributed by atoms with van der Waals surface area (Å²) < 4.78 is 0. The molecule has 0 aliphatic rings. The molecule has 1 rings (SSSR count). The van der Waals surface area contributed by atoms with Crippen LogP contribution in [0.15, 0.2) is 6.33 Å². The molecule has 0 saturated heterocycles. The molecular formula is C13H25N5. The number of nitrogens with zero attached hydrogens (tertiary/aromatic N) is 3. The summed E-state index contributed by atoms with van der Waals surface area (Å²) in [5.41, 5.74) is 1.06. The van der Waals surface area contributed by atoms with E-state index in [0.717, 1.165) is 23.7 Å². The van der Waals surface area contributed by atoms with Crippen LogP contribution in [0.4, 0.5) is 11.6 Å². The van der Waals surface area contributed by atoms with Gasteiger partial charge in [-0.3, -0.25) is 0 Å². The fourth-order valence-corrected chi connectivity index (χ4v) is 1.84. The van der Waals surface area contributed by atoms with Crippen LogP contribution in [0.3, 0.4) is 0 Å². The monoisotopic (exact) mass is 251 g/mol. The minimum Gasteiger partial charge on any atom is -0.373 e. The highest BCUT2D eigenvalue weighted by atomic mass is 15.1. The van der Waals surface area contributed by atoms with Crippen LogP contribution in [0.2, 0.25) is 0 Å². The molecule has 1 atom stereocenters. The maximum atomic E-state index is 4.34. The Morgan fingerprint density at radius 1 is 1.22 bits per heavy atom. The van der Waals surface area contributed by atoms with E-state index in [9.17, 15) is 0 Å². The van der Waals surface area contributed by atoms with E-state index in [2.05, 4.69) is 53.4 Å². The van der Waals surface area contributed by atoms with Crippen LogP contribution >= 0.6 is 0 Å². The summed E-state index contributed by atoms with van der Waals surface area (Å²) in [5, 5.41) is 6.60. The molecule has 0 spiro atoms. The number of hydrogen-bond donors (Lipinski definition) is 2. The van der Waals surface area contributed by atoms with Gasteiger partial charge in [0.05, 0.1) is 0 Å². The normalized spacial score (nSPS) is 12.9. The smallest absolute Gasteiger partial charge is 0.134 e. The molecule has 0 aromatic carbocycles. The minimum atomic E-state index is 0.373. The van der Waals surface area contributed by atoms with Crippen molar-refractivity contribution in [2.45, 2.75) is 26.8 Å². The average Bonchev–Trinajstić information content (AvgIpc) is 2.30. The molecule has 0 radical (unpaired) electrons. The highest BCUT2D eigenvalue weighted by Gasteiger charge is 2.16. The van der Waals surface area contributed by atoms with Gasteiger partial charge >= 0.3 is 0 Å². The summed E-state index contributed by atoms with van der Waals surface area (Å²) in [4.78, 5) is 10.7. The molecule has 1 aromatic rings. The van der Waals surface area contributed by atoms with Crippen LogP contribution in [0.1, 0.15) is 19.4 Å². The predicted molar refractivity (Wildman–Crippen MR) is 77.1 cm³/mol. The Labute approximate surface area is 110 Å². The van der Waals surface area contributed by atoms with Crippen molar-refractivity contribution >= 4 is 11.6 Å². The van der Waals surface area contributed by atoms with Gasteiger partial charge in [-0.2, -0.15) is 0 Å². The van der Waals surface area contributed by atoms with E-state index < -0.39 is 0 Å². The number of nitrogens with one attached hydrogen (secondary N) is 2. The lowest BCUT2D eigenvalue weighted by Crippen LogP contribution is -2.37. The summed E-state index contributed by atoms with van der Waals surface area (Å²) in [5.74, 6) is 2.33. The van der Waals surface area contributed by atoms with E-state index in [1.165, 1.54) is 0 Å². The lowest BCUT2D eigenvalue weighted by Gasteiger charge is -2.27. The Hall–Kier alpha value is -1.36. The minimum absolute atomic E-state index is 0.373. The highest BCUT2D eigenvalue weighted by Crippen LogP contribution is 2.20. The molecule has 0 amide bonds. The van der Waals surface area contributed by atoms with E-state index >= 15 is 0 Å². The quantitative estimate of drug-likeness (QED) is 0.808. The number of anilines is 2. The first kappa shape index (κ1) is 14.7. The van der Waals surface area contributed by atoms with E-state index in [4.69, 9.17) is 0 Å². The van der Waals surface area contributed by atoms with Crippen LogP contribution in [-0.4, -0.2) is 48.6 Å². The van der Waals surface area contributed by atoms with E-state index in [1.807, 2.05) is 14.0 Å². The van der Waals surface area contributed by atoms with Crippen molar-refractivity contribution in [3.05, 3.63) is 11.9 Å². The van der Waals surface area contributed by atoms with Crippen molar-refractivity contribution in [1.82, 2.24) is 14.9 Å². The second-order valence-electron chi connectivity index (χ2n) is 5.20. The summed E-state index contributed by atoms with van der Waals surface area (Å²) in [7, 11) is 6.05. The number of rotatable bonds is 6. The Morgan fingerprint density at radius 2 is 1.83 bits per heavy atom. The third-order valence-corrected chi connectivity index (χ3v) is 3.01. The standard InChI is InChI=1S/C13H25N5/c1-9(2)11(7-18(5)6)17-13-10(3)12(14-4)15-8-16-13/h8-9,11H,7H2,1-6H3,(H2,14,15,16,17). The Balaban J connectivity index is 2.87. The van der Waals surface area contributed by atoms with E-state index in [0.29, 0.717) is 12.0 Å². The molecule has 5 nitrogen and oxygen atoms in total. The zero-order valence-corrected chi connectivity index (χ0v) is 12.3. The van der Waals surface area contributed by atoms with Crippen LogP contribution in [0.5, 0.6) is 0 Å². The van der Waals surface area contributed by atoms with Gasteiger partial charge in [0.2, 0.25) is 0 Å². The van der Waals surface area contributed by atoms with Crippen molar-refractivity contribution in [2.75, 3.05) is 38.3 Å². The molecule has 0 aliphatic heterocycles. The molecule has 2 N–H and O–H groups in total. The molecule has 1 aromatic heterocycles. The lowest BCUT2D eigenvalue weighted by atomic mass is 10.0. The molecule has 1 heterocycles. The molecule has 0 saturated carbocycles. The zero-order chi connectivity index (χ0) is 13.7. The van der Waals surface area contributed by atoms with Gasteiger partial charge in [0, 0.05) is 25.2 Å². The highest BCUT2D eigenvalue weighted by molar-refractivity contribution is 5.56. The summed E-state index contributed by atoms with van der Waals surface area (Å²) in [6.45, 7) is 7.45. The van der Waals surface area contributed by atoms with Gasteiger partial charge in [0.25, 0.3) is 0 Å². The summed E-state index contributed by atoms with van der Waals surface area (Å²) in [6, 6.07) is 0.373. The van der Waals surface area contributed by atoms with Gasteiger partial charge < -0.3 is 15.5 Å². The van der Waals surface area contributed by atoms with Gasteiger partial charge in [0.15, 0.2) is 0 Å². The lowest BCUT2D eigenvalue weighted by molar-refractivity contribution is 0.344. The fourth-order valence-electron chi connectivity index (χ4n) is 1.84. The summed E-state index contributed by atoms with van der Waals surface area (Å²) in [6.07, 6.45) is 1.59. The van der Waals surface area contributed by atoms with Gasteiger partial charge in [-0.25, -0.2) is 9.97 Å². The molecule has 1 unspecified atom stereocenters. The molecule has 5 heteroatoms.